The first-order valence-corrected chi connectivity index (χ1v) is 7.63. The third-order valence-corrected chi connectivity index (χ3v) is 3.44. The van der Waals surface area contributed by atoms with Gasteiger partial charge >= 0.3 is 0 Å². The standard InChI is InChI=1S/C14H18N2S2/c1-10(2)15-14(16-12(4)17-5)18-13-8-6-11(3)7-9-13/h6-9H,4H2,1-3,5H3. The molecule has 0 fully saturated rings. The van der Waals surface area contributed by atoms with Crippen LogP contribution in [0.15, 0.2) is 50.8 Å². The first-order chi connectivity index (χ1) is 8.51. The van der Waals surface area contributed by atoms with Crippen LogP contribution in [0.2, 0.25) is 0 Å². The van der Waals surface area contributed by atoms with Crippen molar-refractivity contribution in [2.24, 2.45) is 9.98 Å². The fourth-order valence-corrected chi connectivity index (χ4v) is 2.23. The van der Waals surface area contributed by atoms with Crippen LogP contribution in [0.1, 0.15) is 19.4 Å². The van der Waals surface area contributed by atoms with E-state index < -0.39 is 0 Å². The molecule has 4 heteroatoms. The van der Waals surface area contributed by atoms with Crippen LogP contribution in [-0.2, 0) is 0 Å². The average molecular weight is 278 g/mol. The topological polar surface area (TPSA) is 24.7 Å². The minimum Gasteiger partial charge on any atom is -0.232 e. The van der Waals surface area contributed by atoms with E-state index in [0.717, 1.165) is 20.8 Å². The first kappa shape index (κ1) is 15.1. The summed E-state index contributed by atoms with van der Waals surface area (Å²) in [5.41, 5.74) is 2.24. The number of aryl methyl sites for hydroxylation is 1. The zero-order valence-electron chi connectivity index (χ0n) is 11.2. The van der Waals surface area contributed by atoms with E-state index in [2.05, 4.69) is 47.8 Å². The van der Waals surface area contributed by atoms with E-state index >= 15 is 0 Å². The second-order valence-corrected chi connectivity index (χ2v) is 5.89. The molecule has 0 aliphatic heterocycles. The number of benzene rings is 1. The monoisotopic (exact) mass is 278 g/mol. The molecule has 0 unspecified atom stereocenters. The molecule has 0 saturated carbocycles. The normalized spacial score (nSPS) is 11.2. The molecule has 96 valence electrons. The van der Waals surface area contributed by atoms with Gasteiger partial charge in [-0.15, -0.1) is 11.8 Å². The lowest BCUT2D eigenvalue weighted by molar-refractivity contribution is 1.38. The molecular formula is C14H18N2S2. The number of hydrogen-bond donors (Lipinski definition) is 0. The van der Waals surface area contributed by atoms with Crippen molar-refractivity contribution in [2.45, 2.75) is 25.7 Å². The molecule has 0 amide bonds. The Kier molecular flexibility index (Phi) is 6.22. The predicted octanol–water partition coefficient (Wildman–Crippen LogP) is 4.76. The third-order valence-electron chi connectivity index (χ3n) is 2.01. The summed E-state index contributed by atoms with van der Waals surface area (Å²) in [5, 5.41) is 1.51. The second kappa shape index (κ2) is 7.44. The molecule has 2 nitrogen and oxygen atoms in total. The lowest BCUT2D eigenvalue weighted by atomic mass is 10.2. The summed E-state index contributed by atoms with van der Waals surface area (Å²) >= 11 is 3.09. The third kappa shape index (κ3) is 5.56. The summed E-state index contributed by atoms with van der Waals surface area (Å²) in [4.78, 5) is 9.99. The summed E-state index contributed by atoms with van der Waals surface area (Å²) in [5.74, 6) is 0. The molecule has 1 aromatic carbocycles. The Balaban J connectivity index is 2.92. The number of rotatable bonds is 3. The Labute approximate surface area is 118 Å². The number of amidine groups is 1. The Morgan fingerprint density at radius 2 is 1.72 bits per heavy atom. The van der Waals surface area contributed by atoms with Crippen LogP contribution < -0.4 is 0 Å². The van der Waals surface area contributed by atoms with Crippen molar-refractivity contribution < 1.29 is 0 Å². The molecule has 0 saturated heterocycles. The lowest BCUT2D eigenvalue weighted by Gasteiger charge is -2.03. The quantitative estimate of drug-likeness (QED) is 0.452. The number of aliphatic imine (C=N–C) groups is 2. The van der Waals surface area contributed by atoms with Gasteiger partial charge in [0.1, 0.15) is 0 Å². The molecule has 0 aliphatic carbocycles. The fraction of sp³-hybridized carbons (Fsp3) is 0.286. The maximum Gasteiger partial charge on any atom is 0.193 e. The van der Waals surface area contributed by atoms with Gasteiger partial charge in [0.2, 0.25) is 0 Å². The molecule has 0 bridgehead atoms. The molecule has 0 atom stereocenters. The Morgan fingerprint density at radius 1 is 1.11 bits per heavy atom. The minimum atomic E-state index is 0.734. The van der Waals surface area contributed by atoms with Crippen LogP contribution in [0.4, 0.5) is 0 Å². The summed E-state index contributed by atoms with van der Waals surface area (Å²) in [6.07, 6.45) is 1.96. The van der Waals surface area contributed by atoms with Gasteiger partial charge < -0.3 is 0 Å². The highest BCUT2D eigenvalue weighted by molar-refractivity contribution is 8.14. The van der Waals surface area contributed by atoms with Crippen LogP contribution >= 0.6 is 23.5 Å². The molecular weight excluding hydrogens is 260 g/mol. The van der Waals surface area contributed by atoms with E-state index in [1.165, 1.54) is 17.3 Å². The van der Waals surface area contributed by atoms with Gasteiger partial charge in [-0.25, -0.2) is 9.98 Å². The van der Waals surface area contributed by atoms with E-state index in [-0.39, 0.29) is 0 Å². The first-order valence-electron chi connectivity index (χ1n) is 5.59. The minimum absolute atomic E-state index is 0.734. The highest BCUT2D eigenvalue weighted by atomic mass is 32.2. The molecule has 1 rings (SSSR count). The van der Waals surface area contributed by atoms with Crippen LogP contribution in [0.5, 0.6) is 0 Å². The number of hydrogen-bond acceptors (Lipinski definition) is 3. The van der Waals surface area contributed by atoms with Crippen molar-refractivity contribution in [3.05, 3.63) is 41.4 Å². The van der Waals surface area contributed by atoms with Crippen molar-refractivity contribution >= 4 is 34.4 Å². The van der Waals surface area contributed by atoms with Crippen molar-refractivity contribution in [1.29, 1.82) is 0 Å². The maximum absolute atomic E-state index is 4.44. The molecule has 0 spiro atoms. The Hall–Kier alpha value is -1.00. The van der Waals surface area contributed by atoms with E-state index in [1.54, 1.807) is 11.8 Å². The van der Waals surface area contributed by atoms with Gasteiger partial charge in [0.05, 0.1) is 5.03 Å². The van der Waals surface area contributed by atoms with Crippen LogP contribution in [-0.4, -0.2) is 17.1 Å². The Morgan fingerprint density at radius 3 is 2.22 bits per heavy atom. The van der Waals surface area contributed by atoms with E-state index in [0.29, 0.717) is 0 Å². The molecule has 0 N–H and O–H groups in total. The van der Waals surface area contributed by atoms with Crippen LogP contribution in [0.3, 0.4) is 0 Å². The predicted molar refractivity (Wildman–Crippen MR) is 85.9 cm³/mol. The highest BCUT2D eigenvalue weighted by Crippen LogP contribution is 2.23. The molecule has 1 aromatic rings. The molecule has 18 heavy (non-hydrogen) atoms. The molecule has 0 aromatic heterocycles. The molecule has 0 radical (unpaired) electrons. The summed E-state index contributed by atoms with van der Waals surface area (Å²) in [6, 6.07) is 8.34. The Bertz CT molecular complexity index is 469. The smallest absolute Gasteiger partial charge is 0.193 e. The highest BCUT2D eigenvalue weighted by Gasteiger charge is 2.02. The second-order valence-electron chi connectivity index (χ2n) is 3.97. The van der Waals surface area contributed by atoms with Gasteiger partial charge in [0.15, 0.2) is 5.17 Å². The zero-order valence-corrected chi connectivity index (χ0v) is 12.9. The fourth-order valence-electron chi connectivity index (χ4n) is 1.13. The SMILES string of the molecule is C=C(N=C(N=C(C)C)Sc1ccc(C)cc1)SC. The van der Waals surface area contributed by atoms with Gasteiger partial charge in [-0.05, 0) is 50.9 Å². The maximum atomic E-state index is 4.44. The summed E-state index contributed by atoms with van der Waals surface area (Å²) in [6.45, 7) is 9.88. The zero-order chi connectivity index (χ0) is 13.5. The molecule has 0 aliphatic rings. The van der Waals surface area contributed by atoms with E-state index in [9.17, 15) is 0 Å². The van der Waals surface area contributed by atoms with Gasteiger partial charge in [-0.1, -0.05) is 24.3 Å². The van der Waals surface area contributed by atoms with Crippen molar-refractivity contribution in [3.8, 4) is 0 Å². The number of thioether (sulfide) groups is 2. The van der Waals surface area contributed by atoms with Crippen molar-refractivity contribution in [1.82, 2.24) is 0 Å². The van der Waals surface area contributed by atoms with Gasteiger partial charge in [0.25, 0.3) is 0 Å². The summed E-state index contributed by atoms with van der Waals surface area (Å²) in [7, 11) is 0. The van der Waals surface area contributed by atoms with Crippen molar-refractivity contribution in [3.63, 3.8) is 0 Å². The van der Waals surface area contributed by atoms with Gasteiger partial charge in [-0.2, -0.15) is 0 Å². The van der Waals surface area contributed by atoms with Crippen molar-refractivity contribution in [2.75, 3.05) is 6.26 Å². The van der Waals surface area contributed by atoms with Crippen LogP contribution in [0, 0.1) is 6.92 Å². The van der Waals surface area contributed by atoms with Crippen LogP contribution in [0.25, 0.3) is 0 Å². The van der Waals surface area contributed by atoms with Gasteiger partial charge in [-0.3, -0.25) is 0 Å². The van der Waals surface area contributed by atoms with Gasteiger partial charge in [0, 0.05) is 10.6 Å². The lowest BCUT2D eigenvalue weighted by Crippen LogP contribution is -1.93. The average Bonchev–Trinajstić information content (AvgIpc) is 2.31. The van der Waals surface area contributed by atoms with E-state index in [4.69, 9.17) is 0 Å². The summed E-state index contributed by atoms with van der Waals surface area (Å²) < 4.78 is 0. The molecule has 0 heterocycles. The number of nitrogens with zero attached hydrogens (tertiary/aromatic N) is 2. The largest absolute Gasteiger partial charge is 0.232 e. The van der Waals surface area contributed by atoms with E-state index in [1.807, 2.05) is 20.1 Å².